The summed E-state index contributed by atoms with van der Waals surface area (Å²) in [6, 6.07) is 17.0. The molecule has 1 fully saturated rings. The van der Waals surface area contributed by atoms with Crippen LogP contribution in [-0.4, -0.2) is 46.4 Å². The molecule has 0 heterocycles. The maximum Gasteiger partial charge on any atom is 0.408 e. The van der Waals surface area contributed by atoms with E-state index >= 15 is 0 Å². The van der Waals surface area contributed by atoms with E-state index in [0.29, 0.717) is 18.5 Å². The zero-order chi connectivity index (χ0) is 31.3. The molecule has 0 aliphatic heterocycles. The number of primary amides is 1. The molecule has 2 atom stereocenters. The minimum Gasteiger partial charge on any atom is -0.444 e. The Kier molecular flexibility index (Phi) is 9.73. The first-order chi connectivity index (χ1) is 20.3. The third-order valence-corrected chi connectivity index (χ3v) is 7.75. The van der Waals surface area contributed by atoms with Gasteiger partial charge in [0.05, 0.1) is 0 Å². The van der Waals surface area contributed by atoms with Gasteiger partial charge < -0.3 is 26.0 Å². The number of ether oxygens (including phenoxy) is 1. The normalized spacial score (nSPS) is 14.7. The van der Waals surface area contributed by atoms with Crippen molar-refractivity contribution in [2.75, 3.05) is 5.32 Å². The number of carbonyl (C=O) groups excluding carboxylic acids is 4. The lowest BCUT2D eigenvalue weighted by molar-refractivity contribution is -0.146. The Balaban J connectivity index is 1.76. The number of benzene rings is 3. The molecule has 9 nitrogen and oxygen atoms in total. The van der Waals surface area contributed by atoms with Gasteiger partial charge in [-0.25, -0.2) is 4.79 Å². The van der Waals surface area contributed by atoms with Crippen molar-refractivity contribution >= 4 is 40.3 Å². The summed E-state index contributed by atoms with van der Waals surface area (Å²) in [7, 11) is 0. The topological polar surface area (TPSA) is 131 Å². The summed E-state index contributed by atoms with van der Waals surface area (Å²) in [5.74, 6) is -1.42. The van der Waals surface area contributed by atoms with Gasteiger partial charge in [0.2, 0.25) is 11.8 Å². The van der Waals surface area contributed by atoms with E-state index in [2.05, 4.69) is 10.6 Å². The molecule has 4 rings (SSSR count). The quantitative estimate of drug-likeness (QED) is 0.282. The number of hydrogen-bond acceptors (Lipinski definition) is 5. The fraction of sp³-hybridized carbons (Fsp3) is 0.412. The second-order valence-corrected chi connectivity index (χ2v) is 12.3. The molecule has 2 unspecified atom stereocenters. The molecular weight excluding hydrogens is 544 g/mol. The van der Waals surface area contributed by atoms with E-state index in [1.165, 1.54) is 0 Å². The number of nitrogens with zero attached hydrogens (tertiary/aromatic N) is 1. The lowest BCUT2D eigenvalue weighted by Gasteiger charge is -2.44. The van der Waals surface area contributed by atoms with Crippen molar-refractivity contribution in [2.24, 2.45) is 5.73 Å². The van der Waals surface area contributed by atoms with Gasteiger partial charge in [-0.15, -0.1) is 0 Å². The Bertz CT molecular complexity index is 1490. The highest BCUT2D eigenvalue weighted by atomic mass is 16.6. The lowest BCUT2D eigenvalue weighted by Crippen LogP contribution is -2.57. The molecular formula is C34H42N4O5. The highest BCUT2D eigenvalue weighted by Crippen LogP contribution is 2.37. The first-order valence-corrected chi connectivity index (χ1v) is 14.8. The van der Waals surface area contributed by atoms with Crippen LogP contribution in [0.3, 0.4) is 0 Å². The zero-order valence-corrected chi connectivity index (χ0v) is 25.6. The summed E-state index contributed by atoms with van der Waals surface area (Å²) in [5, 5.41) is 7.75. The third kappa shape index (κ3) is 7.91. The average molecular weight is 587 g/mol. The zero-order valence-electron chi connectivity index (χ0n) is 25.6. The van der Waals surface area contributed by atoms with Gasteiger partial charge in [-0.05, 0) is 99.9 Å². The number of nitrogens with one attached hydrogen (secondary N) is 2. The molecule has 0 aromatic heterocycles. The van der Waals surface area contributed by atoms with Crippen LogP contribution in [0.1, 0.15) is 75.6 Å². The first-order valence-electron chi connectivity index (χ1n) is 14.8. The van der Waals surface area contributed by atoms with Crippen LogP contribution in [0.25, 0.3) is 10.8 Å². The van der Waals surface area contributed by atoms with Crippen molar-refractivity contribution in [1.29, 1.82) is 0 Å². The fourth-order valence-electron chi connectivity index (χ4n) is 5.49. The Labute approximate surface area is 253 Å². The van der Waals surface area contributed by atoms with Crippen LogP contribution in [0.15, 0.2) is 60.7 Å². The second kappa shape index (κ2) is 13.3. The van der Waals surface area contributed by atoms with Crippen molar-refractivity contribution < 1.29 is 23.9 Å². The highest BCUT2D eigenvalue weighted by molar-refractivity contribution is 6.01. The van der Waals surface area contributed by atoms with Crippen LogP contribution in [0.5, 0.6) is 0 Å². The van der Waals surface area contributed by atoms with Gasteiger partial charge in [0.25, 0.3) is 5.91 Å². The van der Waals surface area contributed by atoms with Crippen molar-refractivity contribution in [3.63, 3.8) is 0 Å². The van der Waals surface area contributed by atoms with Crippen LogP contribution in [0.2, 0.25) is 0 Å². The first kappa shape index (κ1) is 31.5. The van der Waals surface area contributed by atoms with Crippen molar-refractivity contribution in [2.45, 2.75) is 90.4 Å². The van der Waals surface area contributed by atoms with Gasteiger partial charge in [-0.1, -0.05) is 48.5 Å². The lowest BCUT2D eigenvalue weighted by atomic mass is 9.86. The molecule has 228 valence electrons. The van der Waals surface area contributed by atoms with Crippen LogP contribution < -0.4 is 16.4 Å². The van der Waals surface area contributed by atoms with Gasteiger partial charge in [-0.2, -0.15) is 0 Å². The summed E-state index contributed by atoms with van der Waals surface area (Å²) in [6.45, 7) is 9.02. The van der Waals surface area contributed by atoms with E-state index in [0.717, 1.165) is 33.9 Å². The summed E-state index contributed by atoms with van der Waals surface area (Å²) in [6.07, 6.45) is 1.40. The third-order valence-electron chi connectivity index (χ3n) is 7.75. The molecule has 1 aliphatic carbocycles. The number of fused-ring (bicyclic) bond motifs is 1. The molecule has 1 saturated carbocycles. The molecule has 0 radical (unpaired) electrons. The molecule has 0 bridgehead atoms. The van der Waals surface area contributed by atoms with Gasteiger partial charge in [0.1, 0.15) is 17.7 Å². The van der Waals surface area contributed by atoms with Crippen molar-refractivity contribution in [3.05, 3.63) is 77.4 Å². The minimum atomic E-state index is -1.12. The maximum absolute atomic E-state index is 14.5. The van der Waals surface area contributed by atoms with Gasteiger partial charge in [-0.3, -0.25) is 14.4 Å². The summed E-state index contributed by atoms with van der Waals surface area (Å²) < 4.78 is 5.43. The van der Waals surface area contributed by atoms with Gasteiger partial charge >= 0.3 is 6.09 Å². The van der Waals surface area contributed by atoms with E-state index in [1.807, 2.05) is 74.5 Å². The molecule has 3 aromatic rings. The smallest absolute Gasteiger partial charge is 0.408 e. The molecule has 4 amide bonds. The number of anilines is 1. The van der Waals surface area contributed by atoms with E-state index in [4.69, 9.17) is 10.5 Å². The monoisotopic (exact) mass is 586 g/mol. The van der Waals surface area contributed by atoms with Crippen molar-refractivity contribution in [1.82, 2.24) is 10.2 Å². The molecule has 3 aromatic carbocycles. The van der Waals surface area contributed by atoms with Crippen molar-refractivity contribution in [3.8, 4) is 0 Å². The molecule has 43 heavy (non-hydrogen) atoms. The Morgan fingerprint density at radius 1 is 0.953 bits per heavy atom. The molecule has 0 saturated heterocycles. The van der Waals surface area contributed by atoms with E-state index in [9.17, 15) is 19.2 Å². The molecule has 4 N–H and O–H groups in total. The Hall–Kier alpha value is -4.40. The number of amides is 4. The predicted molar refractivity (Wildman–Crippen MR) is 167 cm³/mol. The second-order valence-electron chi connectivity index (χ2n) is 12.3. The average Bonchev–Trinajstić information content (AvgIpc) is 2.89. The van der Waals surface area contributed by atoms with E-state index in [-0.39, 0.29) is 24.8 Å². The Morgan fingerprint density at radius 2 is 1.60 bits per heavy atom. The Morgan fingerprint density at radius 3 is 2.19 bits per heavy atom. The summed E-state index contributed by atoms with van der Waals surface area (Å²) >= 11 is 0. The summed E-state index contributed by atoms with van der Waals surface area (Å²) in [5.41, 5.74) is 7.71. The molecule has 0 spiro atoms. The molecule has 9 heteroatoms. The van der Waals surface area contributed by atoms with Crippen LogP contribution in [0.4, 0.5) is 10.5 Å². The maximum atomic E-state index is 14.5. The van der Waals surface area contributed by atoms with E-state index in [1.54, 1.807) is 25.7 Å². The standard InChI is InChI=1S/C34H42N4O5/c1-21-10-8-11-22(2)29(21)30(31(40)36-25-17-16-23-12-6-7-13-24(23)20-25)38(26-14-9-15-26)32(41)27(18-19-28(35)39)37-33(42)43-34(3,4)5/h6-8,10-13,16-17,20,26-27,30H,9,14-15,18-19H2,1-5H3,(H2,35,39)(H,36,40)(H,37,42). The highest BCUT2D eigenvalue weighted by Gasteiger charge is 2.43. The number of nitrogens with two attached hydrogens (primary N) is 1. The number of aryl methyl sites for hydroxylation is 2. The van der Waals surface area contributed by atoms with Crippen LogP contribution in [0, 0.1) is 13.8 Å². The predicted octanol–water partition coefficient (Wildman–Crippen LogP) is 5.68. The minimum absolute atomic E-state index is 0.0254. The van der Waals surface area contributed by atoms with E-state index < -0.39 is 35.6 Å². The fourth-order valence-corrected chi connectivity index (χ4v) is 5.49. The number of carbonyl (C=O) groups is 4. The van der Waals surface area contributed by atoms with Crippen LogP contribution in [-0.2, 0) is 19.1 Å². The van der Waals surface area contributed by atoms with Gasteiger partial charge in [0, 0.05) is 18.2 Å². The SMILES string of the molecule is Cc1cccc(C)c1C(C(=O)Nc1ccc2ccccc2c1)N(C(=O)C(CCC(N)=O)NC(=O)OC(C)(C)C)C1CCC1. The largest absolute Gasteiger partial charge is 0.444 e. The molecule has 1 aliphatic rings. The number of alkyl carbamates (subject to hydrolysis) is 1. The number of rotatable bonds is 10. The summed E-state index contributed by atoms with van der Waals surface area (Å²) in [4.78, 5) is 55.0. The van der Waals surface area contributed by atoms with Crippen LogP contribution >= 0.6 is 0 Å². The number of hydrogen-bond donors (Lipinski definition) is 3. The van der Waals surface area contributed by atoms with Gasteiger partial charge in [0.15, 0.2) is 0 Å².